The molecule has 15 heavy (non-hydrogen) atoms. The van der Waals surface area contributed by atoms with Crippen LogP contribution < -0.4 is 5.32 Å². The zero-order valence-electron chi connectivity index (χ0n) is 9.32. The molecule has 1 unspecified atom stereocenters. The molecule has 0 bridgehead atoms. The summed E-state index contributed by atoms with van der Waals surface area (Å²) < 4.78 is 0. The van der Waals surface area contributed by atoms with Crippen LogP contribution in [0.1, 0.15) is 26.7 Å². The normalized spacial score (nSPS) is 22.3. The van der Waals surface area contributed by atoms with E-state index in [4.69, 9.17) is 0 Å². The van der Waals surface area contributed by atoms with Crippen molar-refractivity contribution in [3.63, 3.8) is 0 Å². The van der Waals surface area contributed by atoms with Crippen molar-refractivity contribution in [1.29, 1.82) is 0 Å². The third-order valence-corrected chi connectivity index (χ3v) is 2.51. The average Bonchev–Trinajstić information content (AvgIpc) is 2.23. The van der Waals surface area contributed by atoms with Gasteiger partial charge in [-0.15, -0.1) is 0 Å². The zero-order chi connectivity index (χ0) is 11.3. The number of nitrogens with one attached hydrogen (secondary N) is 1. The molecule has 4 heteroatoms. The molecule has 0 radical (unpaired) electrons. The molecule has 1 aliphatic rings. The largest absolute Gasteiger partial charge is 0.345 e. The highest BCUT2D eigenvalue weighted by Gasteiger charge is 2.32. The number of carbonyl (C=O) groups excluding carboxylic acids is 2. The summed E-state index contributed by atoms with van der Waals surface area (Å²) in [5.74, 6) is -0.0212. The Balaban J connectivity index is 2.73. The molecule has 0 aromatic rings. The van der Waals surface area contributed by atoms with Crippen LogP contribution in [0.2, 0.25) is 0 Å². The van der Waals surface area contributed by atoms with Gasteiger partial charge in [0.1, 0.15) is 6.04 Å². The minimum Gasteiger partial charge on any atom is -0.345 e. The monoisotopic (exact) mass is 210 g/mol. The standard InChI is InChI=1S/C11H18N2O2/c1-3-5-7-13-9(6-4-2)11(15)12-8-10(13)14/h3,5,9H,4,6-8H2,1-2H3,(H,12,15)/b5-3+. The Kier molecular flexibility index (Phi) is 4.34. The van der Waals surface area contributed by atoms with Crippen LogP contribution in [-0.4, -0.2) is 35.8 Å². The summed E-state index contributed by atoms with van der Waals surface area (Å²) in [5, 5.41) is 2.62. The Morgan fingerprint density at radius 1 is 1.53 bits per heavy atom. The van der Waals surface area contributed by atoms with Gasteiger partial charge in [-0.3, -0.25) is 9.59 Å². The summed E-state index contributed by atoms with van der Waals surface area (Å²) >= 11 is 0. The van der Waals surface area contributed by atoms with Gasteiger partial charge in [-0.25, -0.2) is 0 Å². The Morgan fingerprint density at radius 3 is 2.87 bits per heavy atom. The number of nitrogens with zero attached hydrogens (tertiary/aromatic N) is 1. The first-order valence-electron chi connectivity index (χ1n) is 5.39. The topological polar surface area (TPSA) is 49.4 Å². The van der Waals surface area contributed by atoms with Crippen molar-refractivity contribution in [1.82, 2.24) is 10.2 Å². The van der Waals surface area contributed by atoms with E-state index in [1.165, 1.54) is 0 Å². The van der Waals surface area contributed by atoms with Crippen molar-refractivity contribution in [2.75, 3.05) is 13.1 Å². The Bertz CT molecular complexity index is 274. The highest BCUT2D eigenvalue weighted by atomic mass is 16.2. The lowest BCUT2D eigenvalue weighted by Gasteiger charge is -2.34. The molecule has 0 aromatic carbocycles. The molecule has 1 heterocycles. The minimum absolute atomic E-state index is 0.00569. The summed E-state index contributed by atoms with van der Waals surface area (Å²) in [6.45, 7) is 4.59. The van der Waals surface area contributed by atoms with Crippen LogP contribution in [0.15, 0.2) is 12.2 Å². The summed E-state index contributed by atoms with van der Waals surface area (Å²) in [5.41, 5.74) is 0. The fourth-order valence-corrected chi connectivity index (χ4v) is 1.71. The van der Waals surface area contributed by atoms with Crippen molar-refractivity contribution in [2.24, 2.45) is 0 Å². The van der Waals surface area contributed by atoms with Crippen molar-refractivity contribution in [3.05, 3.63) is 12.2 Å². The van der Waals surface area contributed by atoms with Gasteiger partial charge in [0.25, 0.3) is 0 Å². The molecule has 4 nitrogen and oxygen atoms in total. The van der Waals surface area contributed by atoms with E-state index in [2.05, 4.69) is 5.32 Å². The van der Waals surface area contributed by atoms with Gasteiger partial charge in [0.05, 0.1) is 6.54 Å². The fraction of sp³-hybridized carbons (Fsp3) is 0.636. The van der Waals surface area contributed by atoms with Crippen molar-refractivity contribution >= 4 is 11.8 Å². The van der Waals surface area contributed by atoms with Crippen molar-refractivity contribution < 1.29 is 9.59 Å². The van der Waals surface area contributed by atoms with Crippen molar-refractivity contribution in [3.8, 4) is 0 Å². The maximum absolute atomic E-state index is 11.6. The Morgan fingerprint density at radius 2 is 2.27 bits per heavy atom. The van der Waals surface area contributed by atoms with Crippen LogP contribution >= 0.6 is 0 Å². The summed E-state index contributed by atoms with van der Waals surface area (Å²) in [7, 11) is 0. The quantitative estimate of drug-likeness (QED) is 0.694. The van der Waals surface area contributed by atoms with Gasteiger partial charge in [-0.05, 0) is 13.3 Å². The van der Waals surface area contributed by atoms with E-state index in [0.29, 0.717) is 6.54 Å². The molecule has 1 fully saturated rings. The van der Waals surface area contributed by atoms with Gasteiger partial charge in [-0.1, -0.05) is 25.5 Å². The van der Waals surface area contributed by atoms with E-state index >= 15 is 0 Å². The maximum atomic E-state index is 11.6. The predicted octanol–water partition coefficient (Wildman–Crippen LogP) is 0.690. The van der Waals surface area contributed by atoms with Gasteiger partial charge < -0.3 is 10.2 Å². The molecule has 0 aromatic heterocycles. The minimum atomic E-state index is -0.285. The number of rotatable bonds is 4. The lowest BCUT2D eigenvalue weighted by Crippen LogP contribution is -2.58. The van der Waals surface area contributed by atoms with Gasteiger partial charge in [0.15, 0.2) is 0 Å². The first-order chi connectivity index (χ1) is 7.20. The maximum Gasteiger partial charge on any atom is 0.243 e. The van der Waals surface area contributed by atoms with E-state index in [0.717, 1.165) is 12.8 Å². The summed E-state index contributed by atoms with van der Waals surface area (Å²) in [6, 6.07) is -0.285. The van der Waals surface area contributed by atoms with E-state index in [9.17, 15) is 9.59 Å². The number of allylic oxidation sites excluding steroid dienone is 1. The molecular formula is C11H18N2O2. The number of hydrogen-bond donors (Lipinski definition) is 1. The second-order valence-electron chi connectivity index (χ2n) is 3.64. The lowest BCUT2D eigenvalue weighted by molar-refractivity contribution is -0.145. The number of hydrogen-bond acceptors (Lipinski definition) is 2. The first-order valence-corrected chi connectivity index (χ1v) is 5.39. The van der Waals surface area contributed by atoms with Gasteiger partial charge in [0, 0.05) is 6.54 Å². The predicted molar refractivity (Wildman–Crippen MR) is 58.2 cm³/mol. The van der Waals surface area contributed by atoms with E-state index < -0.39 is 0 Å². The van der Waals surface area contributed by atoms with Crippen molar-refractivity contribution in [2.45, 2.75) is 32.7 Å². The lowest BCUT2D eigenvalue weighted by atomic mass is 10.1. The van der Waals surface area contributed by atoms with E-state index in [1.54, 1.807) is 4.90 Å². The second kappa shape index (κ2) is 5.53. The third kappa shape index (κ3) is 2.81. The molecule has 0 spiro atoms. The first kappa shape index (κ1) is 11.8. The molecule has 0 saturated carbocycles. The third-order valence-electron chi connectivity index (χ3n) is 2.51. The summed E-state index contributed by atoms with van der Waals surface area (Å²) in [4.78, 5) is 24.8. The highest BCUT2D eigenvalue weighted by Crippen LogP contribution is 2.11. The molecular weight excluding hydrogens is 192 g/mol. The molecule has 0 aliphatic carbocycles. The Hall–Kier alpha value is -1.32. The van der Waals surface area contributed by atoms with Gasteiger partial charge in [0.2, 0.25) is 11.8 Å². The highest BCUT2D eigenvalue weighted by molar-refractivity contribution is 5.94. The van der Waals surface area contributed by atoms with E-state index in [-0.39, 0.29) is 24.4 Å². The SMILES string of the molecule is C/C=C/CN1C(=O)CNC(=O)C1CCC. The molecule has 2 amide bonds. The molecule has 1 N–H and O–H groups in total. The van der Waals surface area contributed by atoms with Gasteiger partial charge >= 0.3 is 0 Å². The van der Waals surface area contributed by atoms with Crippen LogP contribution in [0.5, 0.6) is 0 Å². The Labute approximate surface area is 90.3 Å². The average molecular weight is 210 g/mol. The molecule has 1 saturated heterocycles. The van der Waals surface area contributed by atoms with E-state index in [1.807, 2.05) is 26.0 Å². The van der Waals surface area contributed by atoms with Crippen LogP contribution in [0.25, 0.3) is 0 Å². The van der Waals surface area contributed by atoms with Gasteiger partial charge in [-0.2, -0.15) is 0 Å². The molecule has 84 valence electrons. The number of amides is 2. The zero-order valence-corrected chi connectivity index (χ0v) is 9.32. The number of piperazine rings is 1. The second-order valence-corrected chi connectivity index (χ2v) is 3.64. The smallest absolute Gasteiger partial charge is 0.243 e. The number of carbonyl (C=O) groups is 2. The molecule has 1 aliphatic heterocycles. The van der Waals surface area contributed by atoms with Crippen LogP contribution in [-0.2, 0) is 9.59 Å². The van der Waals surface area contributed by atoms with Crippen LogP contribution in [0, 0.1) is 0 Å². The van der Waals surface area contributed by atoms with Crippen LogP contribution in [0.4, 0.5) is 0 Å². The molecule has 1 atom stereocenters. The molecule has 1 rings (SSSR count). The summed E-state index contributed by atoms with van der Waals surface area (Å²) in [6.07, 6.45) is 5.43. The fourth-order valence-electron chi connectivity index (χ4n) is 1.71. The van der Waals surface area contributed by atoms with Crippen LogP contribution in [0.3, 0.4) is 0 Å².